The molecule has 0 saturated carbocycles. The molecule has 0 bridgehead atoms. The Morgan fingerprint density at radius 2 is 1.86 bits per heavy atom. The van der Waals surface area contributed by atoms with Gasteiger partial charge >= 0.3 is 6.09 Å². The molecule has 110 valence electrons. The van der Waals surface area contributed by atoms with E-state index in [1.807, 2.05) is 0 Å². The molecule has 0 aliphatic heterocycles. The number of nitrogens with one attached hydrogen (secondary N) is 2. The molecule has 0 fully saturated rings. The summed E-state index contributed by atoms with van der Waals surface area (Å²) in [5.74, 6) is -0.348. The van der Waals surface area contributed by atoms with E-state index >= 15 is 0 Å². The van der Waals surface area contributed by atoms with Crippen LogP contribution in [0.4, 0.5) is 20.6 Å². The first-order valence-corrected chi connectivity index (χ1v) is 6.59. The molecule has 2 aromatic rings. The summed E-state index contributed by atoms with van der Waals surface area (Å²) >= 11 is 5.70. The highest BCUT2D eigenvalue weighted by molar-refractivity contribution is 6.30. The third-order valence-electron chi connectivity index (χ3n) is 2.81. The Hall–Kier alpha value is -2.27. The smallest absolute Gasteiger partial charge is 0.411 e. The SMILES string of the molecule is COC(=O)Nc1ccc(NCc2ccc(Cl)cc2F)cc1. The number of methoxy groups -OCH3 is 1. The summed E-state index contributed by atoms with van der Waals surface area (Å²) in [5.41, 5.74) is 1.95. The summed E-state index contributed by atoms with van der Waals surface area (Å²) in [6.45, 7) is 0.340. The van der Waals surface area contributed by atoms with E-state index in [9.17, 15) is 9.18 Å². The maximum atomic E-state index is 13.6. The van der Waals surface area contributed by atoms with Gasteiger partial charge in [-0.25, -0.2) is 9.18 Å². The summed E-state index contributed by atoms with van der Waals surface area (Å²) in [5, 5.41) is 6.00. The summed E-state index contributed by atoms with van der Waals surface area (Å²) in [7, 11) is 1.30. The van der Waals surface area contributed by atoms with Gasteiger partial charge < -0.3 is 10.1 Å². The van der Waals surface area contributed by atoms with Gasteiger partial charge in [-0.15, -0.1) is 0 Å². The lowest BCUT2D eigenvalue weighted by Gasteiger charge is -2.09. The number of rotatable bonds is 4. The Balaban J connectivity index is 1.96. The fraction of sp³-hybridized carbons (Fsp3) is 0.133. The Labute approximate surface area is 126 Å². The second-order valence-corrected chi connectivity index (χ2v) is 4.72. The van der Waals surface area contributed by atoms with Crippen molar-refractivity contribution in [3.63, 3.8) is 0 Å². The number of ether oxygens (including phenoxy) is 1. The number of hydrogen-bond acceptors (Lipinski definition) is 3. The molecule has 0 saturated heterocycles. The first kappa shape index (κ1) is 15.1. The van der Waals surface area contributed by atoms with Crippen molar-refractivity contribution in [1.82, 2.24) is 0 Å². The van der Waals surface area contributed by atoms with Crippen LogP contribution in [0.1, 0.15) is 5.56 Å². The fourth-order valence-corrected chi connectivity index (χ4v) is 1.86. The molecule has 0 spiro atoms. The average molecular weight is 309 g/mol. The molecule has 6 heteroatoms. The predicted molar refractivity (Wildman–Crippen MR) is 81.2 cm³/mol. The van der Waals surface area contributed by atoms with Gasteiger partial charge in [0.2, 0.25) is 0 Å². The van der Waals surface area contributed by atoms with E-state index in [0.29, 0.717) is 22.8 Å². The molecule has 21 heavy (non-hydrogen) atoms. The van der Waals surface area contributed by atoms with Crippen LogP contribution in [0.2, 0.25) is 5.02 Å². The summed E-state index contributed by atoms with van der Waals surface area (Å²) in [6, 6.07) is 11.6. The lowest BCUT2D eigenvalue weighted by molar-refractivity contribution is 0.187. The third-order valence-corrected chi connectivity index (χ3v) is 3.05. The normalized spacial score (nSPS) is 10.0. The van der Waals surface area contributed by atoms with Crippen LogP contribution in [0.15, 0.2) is 42.5 Å². The summed E-state index contributed by atoms with van der Waals surface area (Å²) in [6.07, 6.45) is -0.529. The zero-order chi connectivity index (χ0) is 15.2. The topological polar surface area (TPSA) is 50.4 Å². The van der Waals surface area contributed by atoms with Crippen LogP contribution >= 0.6 is 11.6 Å². The maximum absolute atomic E-state index is 13.6. The van der Waals surface area contributed by atoms with Gasteiger partial charge in [0.25, 0.3) is 0 Å². The van der Waals surface area contributed by atoms with Crippen molar-refractivity contribution in [3.8, 4) is 0 Å². The third kappa shape index (κ3) is 4.36. The van der Waals surface area contributed by atoms with Gasteiger partial charge in [-0.05, 0) is 36.4 Å². The van der Waals surface area contributed by atoms with E-state index in [2.05, 4.69) is 15.4 Å². The Morgan fingerprint density at radius 3 is 2.48 bits per heavy atom. The molecule has 0 aliphatic carbocycles. The number of hydrogen-bond donors (Lipinski definition) is 2. The number of halogens is 2. The zero-order valence-electron chi connectivity index (χ0n) is 11.3. The molecule has 0 heterocycles. The number of benzene rings is 2. The van der Waals surface area contributed by atoms with Crippen molar-refractivity contribution in [2.75, 3.05) is 17.7 Å². The van der Waals surface area contributed by atoms with E-state index in [-0.39, 0.29) is 5.82 Å². The molecular formula is C15H14ClFN2O2. The van der Waals surface area contributed by atoms with Crippen molar-refractivity contribution in [3.05, 3.63) is 58.9 Å². The molecule has 0 aliphatic rings. The van der Waals surface area contributed by atoms with E-state index in [1.165, 1.54) is 13.2 Å². The minimum atomic E-state index is -0.529. The van der Waals surface area contributed by atoms with Crippen molar-refractivity contribution < 1.29 is 13.9 Å². The number of anilines is 2. The minimum absolute atomic E-state index is 0.340. The van der Waals surface area contributed by atoms with Crippen LogP contribution in [-0.2, 0) is 11.3 Å². The molecule has 0 aromatic heterocycles. The van der Waals surface area contributed by atoms with Gasteiger partial charge in [0.05, 0.1) is 7.11 Å². The zero-order valence-corrected chi connectivity index (χ0v) is 12.1. The van der Waals surface area contributed by atoms with Crippen LogP contribution in [0.3, 0.4) is 0 Å². The summed E-state index contributed by atoms with van der Waals surface area (Å²) in [4.78, 5) is 11.0. The van der Waals surface area contributed by atoms with Crippen molar-refractivity contribution in [2.45, 2.75) is 6.54 Å². The molecule has 2 aromatic carbocycles. The standard InChI is InChI=1S/C15H14ClFN2O2/c1-21-15(20)19-13-6-4-12(5-7-13)18-9-10-2-3-11(16)8-14(10)17/h2-8,18H,9H2,1H3,(H,19,20). The number of carbonyl (C=O) groups excluding carboxylic acids is 1. The largest absolute Gasteiger partial charge is 0.453 e. The summed E-state index contributed by atoms with van der Waals surface area (Å²) < 4.78 is 18.1. The van der Waals surface area contributed by atoms with E-state index in [4.69, 9.17) is 11.6 Å². The first-order valence-electron chi connectivity index (χ1n) is 6.21. The lowest BCUT2D eigenvalue weighted by atomic mass is 10.2. The van der Waals surface area contributed by atoms with Gasteiger partial charge in [-0.2, -0.15) is 0 Å². The molecule has 2 rings (SSSR count). The van der Waals surface area contributed by atoms with Crippen LogP contribution < -0.4 is 10.6 Å². The predicted octanol–water partition coefficient (Wildman–Crippen LogP) is 4.27. The van der Waals surface area contributed by atoms with Crippen molar-refractivity contribution >= 4 is 29.1 Å². The molecular weight excluding hydrogens is 295 g/mol. The van der Waals surface area contributed by atoms with Crippen LogP contribution in [-0.4, -0.2) is 13.2 Å². The van der Waals surface area contributed by atoms with E-state index in [1.54, 1.807) is 36.4 Å². The van der Waals surface area contributed by atoms with Gasteiger partial charge in [-0.1, -0.05) is 17.7 Å². The van der Waals surface area contributed by atoms with Gasteiger partial charge in [0.1, 0.15) is 5.82 Å². The monoisotopic (exact) mass is 308 g/mol. The number of carbonyl (C=O) groups is 1. The van der Waals surface area contributed by atoms with Gasteiger partial charge in [0, 0.05) is 28.5 Å². The van der Waals surface area contributed by atoms with Gasteiger partial charge in [0.15, 0.2) is 0 Å². The molecule has 0 unspecified atom stereocenters. The highest BCUT2D eigenvalue weighted by Gasteiger charge is 2.03. The highest BCUT2D eigenvalue weighted by Crippen LogP contribution is 2.18. The fourth-order valence-electron chi connectivity index (χ4n) is 1.70. The lowest BCUT2D eigenvalue weighted by Crippen LogP contribution is -2.10. The van der Waals surface area contributed by atoms with Crippen molar-refractivity contribution in [2.24, 2.45) is 0 Å². The molecule has 4 nitrogen and oxygen atoms in total. The van der Waals surface area contributed by atoms with E-state index in [0.717, 1.165) is 5.69 Å². The molecule has 1 amide bonds. The maximum Gasteiger partial charge on any atom is 0.411 e. The second-order valence-electron chi connectivity index (χ2n) is 4.28. The molecule has 2 N–H and O–H groups in total. The van der Waals surface area contributed by atoms with Crippen LogP contribution in [0.25, 0.3) is 0 Å². The quantitative estimate of drug-likeness (QED) is 0.887. The average Bonchev–Trinajstić information content (AvgIpc) is 2.48. The van der Waals surface area contributed by atoms with E-state index < -0.39 is 6.09 Å². The van der Waals surface area contributed by atoms with Crippen LogP contribution in [0, 0.1) is 5.82 Å². The Kier molecular flexibility index (Phi) is 5.00. The van der Waals surface area contributed by atoms with Gasteiger partial charge in [-0.3, -0.25) is 5.32 Å². The molecule has 0 atom stereocenters. The first-order chi connectivity index (χ1) is 10.1. The highest BCUT2D eigenvalue weighted by atomic mass is 35.5. The second kappa shape index (κ2) is 6.95. The molecule has 0 radical (unpaired) electrons. The number of amides is 1. The Morgan fingerprint density at radius 1 is 1.19 bits per heavy atom. The van der Waals surface area contributed by atoms with Crippen LogP contribution in [0.5, 0.6) is 0 Å². The Bertz CT molecular complexity index is 632. The van der Waals surface area contributed by atoms with Crippen molar-refractivity contribution in [1.29, 1.82) is 0 Å². The minimum Gasteiger partial charge on any atom is -0.453 e.